The van der Waals surface area contributed by atoms with Gasteiger partial charge in [0.1, 0.15) is 0 Å². The summed E-state index contributed by atoms with van der Waals surface area (Å²) in [6, 6.07) is 0. The van der Waals surface area contributed by atoms with Crippen molar-refractivity contribution in [2.24, 2.45) is 0 Å². The summed E-state index contributed by atoms with van der Waals surface area (Å²) in [6.07, 6.45) is 1.03. The molecule has 1 nitrogen and oxygen atoms in total. The molecule has 0 aromatic carbocycles. The molecule has 0 saturated carbocycles. The van der Waals surface area contributed by atoms with Gasteiger partial charge in [0.15, 0.2) is 0 Å². The van der Waals surface area contributed by atoms with Crippen molar-refractivity contribution >= 4 is 9.52 Å². The molecule has 7 heavy (non-hydrogen) atoms. The normalized spacial score (nSPS) is 7.71. The van der Waals surface area contributed by atoms with Crippen molar-refractivity contribution in [2.45, 2.75) is 21.4 Å². The number of ether oxygens (including phenoxy) is 1. The summed E-state index contributed by atoms with van der Waals surface area (Å²) in [7, 11) is 1.94. The van der Waals surface area contributed by atoms with Crippen molar-refractivity contribution in [3.63, 3.8) is 0 Å². The maximum Gasteiger partial charge on any atom is 0.0485 e. The second-order valence-corrected chi connectivity index (χ2v) is 2.40. The molecule has 0 N–H and O–H groups in total. The Kier molecular flexibility index (Phi) is 36.8. The molecule has 0 aliphatic carbocycles. The van der Waals surface area contributed by atoms with Gasteiger partial charge in [0.25, 0.3) is 0 Å². The first-order chi connectivity index (χ1) is 2.41. The van der Waals surface area contributed by atoms with Crippen LogP contribution in [0.5, 0.6) is 0 Å². The Morgan fingerprint density at radius 2 is 1.86 bits per heavy atom. The van der Waals surface area contributed by atoms with Crippen LogP contribution in [0.25, 0.3) is 0 Å². The standard InChI is InChI=1S/C3H10OSi.2CH4/c1-4-3-5-2;;/h3,5H2,1-2H3;2*1H4. The number of hydrogen-bond acceptors (Lipinski definition) is 1. The van der Waals surface area contributed by atoms with E-state index in [2.05, 4.69) is 6.55 Å². The fraction of sp³-hybridized carbons (Fsp3) is 1.00. The molecule has 0 bridgehead atoms. The average molecular weight is 122 g/mol. The van der Waals surface area contributed by atoms with Gasteiger partial charge in [-0.1, -0.05) is 21.4 Å². The predicted molar refractivity (Wildman–Crippen MR) is 39.7 cm³/mol. The Balaban J connectivity index is -0.0000000800. The topological polar surface area (TPSA) is 9.23 Å². The molecule has 0 amide bonds. The maximum atomic E-state index is 4.75. The zero-order chi connectivity index (χ0) is 4.12. The van der Waals surface area contributed by atoms with E-state index in [0.717, 1.165) is 6.23 Å². The van der Waals surface area contributed by atoms with E-state index in [-0.39, 0.29) is 24.4 Å². The Hall–Kier alpha value is 0.177. The lowest BCUT2D eigenvalue weighted by Gasteiger charge is -1.83. The SMILES string of the molecule is C.C.COC[SiH2]C. The van der Waals surface area contributed by atoms with Crippen LogP contribution in [0.1, 0.15) is 14.9 Å². The molecule has 0 aliphatic rings. The molecular weight excluding hydrogens is 104 g/mol. The molecule has 0 fully saturated rings. The number of hydrogen-bond donors (Lipinski definition) is 0. The van der Waals surface area contributed by atoms with Crippen molar-refractivity contribution in [3.8, 4) is 0 Å². The first-order valence-corrected chi connectivity index (χ1v) is 4.32. The molecule has 0 atom stereocenters. The molecule has 0 spiro atoms. The molecule has 0 aromatic heterocycles. The Morgan fingerprint density at radius 3 is 1.86 bits per heavy atom. The number of methoxy groups -OCH3 is 1. The molecular formula is C5H18OSi. The van der Waals surface area contributed by atoms with E-state index >= 15 is 0 Å². The van der Waals surface area contributed by atoms with Crippen LogP contribution in [0, 0.1) is 0 Å². The van der Waals surface area contributed by atoms with E-state index in [0.29, 0.717) is 0 Å². The summed E-state index contributed by atoms with van der Waals surface area (Å²) in [5.41, 5.74) is 0. The second kappa shape index (κ2) is 16.4. The van der Waals surface area contributed by atoms with E-state index in [9.17, 15) is 0 Å². The lowest BCUT2D eigenvalue weighted by atomic mass is 11.5. The van der Waals surface area contributed by atoms with E-state index in [1.54, 1.807) is 7.11 Å². The van der Waals surface area contributed by atoms with Gasteiger partial charge in [-0.3, -0.25) is 0 Å². The van der Waals surface area contributed by atoms with E-state index in [1.165, 1.54) is 0 Å². The third kappa shape index (κ3) is 22.7. The molecule has 2 heteroatoms. The lowest BCUT2D eigenvalue weighted by Crippen LogP contribution is -1.92. The van der Waals surface area contributed by atoms with Crippen LogP contribution in [0.15, 0.2) is 0 Å². The second-order valence-electron chi connectivity index (χ2n) is 0.993. The summed E-state index contributed by atoms with van der Waals surface area (Å²) in [4.78, 5) is 0. The first kappa shape index (κ1) is 15.7. The van der Waals surface area contributed by atoms with Crippen molar-refractivity contribution in [1.29, 1.82) is 0 Å². The minimum atomic E-state index is 0. The highest BCUT2D eigenvalue weighted by atomic mass is 28.2. The van der Waals surface area contributed by atoms with Gasteiger partial charge in [-0.25, -0.2) is 0 Å². The molecule has 0 aliphatic heterocycles. The van der Waals surface area contributed by atoms with Gasteiger partial charge in [-0.05, 0) is 0 Å². The van der Waals surface area contributed by atoms with Crippen LogP contribution in [-0.4, -0.2) is 22.9 Å². The summed E-state index contributed by atoms with van der Waals surface area (Å²) >= 11 is 0. The summed E-state index contributed by atoms with van der Waals surface area (Å²) in [5, 5.41) is 0. The fourth-order valence-electron chi connectivity index (χ4n) is 0.204. The van der Waals surface area contributed by atoms with Gasteiger partial charge in [-0.2, -0.15) is 0 Å². The highest BCUT2D eigenvalue weighted by Gasteiger charge is 1.67. The largest absolute Gasteiger partial charge is 0.389 e. The third-order valence-electron chi connectivity index (χ3n) is 0.408. The van der Waals surface area contributed by atoms with E-state index in [4.69, 9.17) is 4.74 Å². The van der Waals surface area contributed by atoms with Gasteiger partial charge in [0, 0.05) is 22.9 Å². The van der Waals surface area contributed by atoms with Crippen LogP contribution >= 0.6 is 0 Å². The van der Waals surface area contributed by atoms with Crippen LogP contribution in [0.3, 0.4) is 0 Å². The van der Waals surface area contributed by atoms with Crippen LogP contribution in [-0.2, 0) is 4.74 Å². The van der Waals surface area contributed by atoms with Crippen LogP contribution in [0.4, 0.5) is 0 Å². The highest BCUT2D eigenvalue weighted by Crippen LogP contribution is 1.57. The molecule has 0 radical (unpaired) electrons. The van der Waals surface area contributed by atoms with Crippen molar-refractivity contribution in [3.05, 3.63) is 0 Å². The molecule has 0 rings (SSSR count). The van der Waals surface area contributed by atoms with Gasteiger partial charge < -0.3 is 4.74 Å². The molecule has 0 unspecified atom stereocenters. The van der Waals surface area contributed by atoms with Gasteiger partial charge >= 0.3 is 0 Å². The maximum absolute atomic E-state index is 4.75. The van der Waals surface area contributed by atoms with Crippen molar-refractivity contribution in [1.82, 2.24) is 0 Å². The monoisotopic (exact) mass is 122 g/mol. The highest BCUT2D eigenvalue weighted by molar-refractivity contribution is 6.33. The van der Waals surface area contributed by atoms with E-state index in [1.807, 2.05) is 0 Å². The Morgan fingerprint density at radius 1 is 1.43 bits per heavy atom. The quantitative estimate of drug-likeness (QED) is 0.498. The van der Waals surface area contributed by atoms with E-state index < -0.39 is 0 Å². The van der Waals surface area contributed by atoms with Crippen molar-refractivity contribution in [2.75, 3.05) is 13.3 Å². The average Bonchev–Trinajstić information content (AvgIpc) is 1.41. The lowest BCUT2D eigenvalue weighted by molar-refractivity contribution is 0.252. The van der Waals surface area contributed by atoms with Gasteiger partial charge in [-0.15, -0.1) is 0 Å². The molecule has 0 saturated heterocycles. The molecule has 0 aromatic rings. The zero-order valence-corrected chi connectivity index (χ0v) is 5.24. The summed E-state index contributed by atoms with van der Waals surface area (Å²) in [6.45, 7) is 2.23. The minimum Gasteiger partial charge on any atom is -0.389 e. The smallest absolute Gasteiger partial charge is 0.0485 e. The zero-order valence-electron chi connectivity index (χ0n) is 3.82. The summed E-state index contributed by atoms with van der Waals surface area (Å²) in [5.74, 6) is 0. The molecule has 0 heterocycles. The fourth-order valence-corrected chi connectivity index (χ4v) is 0.612. The minimum absolute atomic E-state index is 0. The first-order valence-electron chi connectivity index (χ1n) is 1.90. The Bertz CT molecular complexity index is 15.6. The summed E-state index contributed by atoms with van der Waals surface area (Å²) < 4.78 is 4.75. The number of rotatable bonds is 2. The third-order valence-corrected chi connectivity index (χ3v) is 1.22. The van der Waals surface area contributed by atoms with Crippen LogP contribution < -0.4 is 0 Å². The predicted octanol–water partition coefficient (Wildman–Crippen LogP) is 1.08. The Labute approximate surface area is 49.9 Å². The van der Waals surface area contributed by atoms with Crippen LogP contribution in [0.2, 0.25) is 6.55 Å². The van der Waals surface area contributed by atoms with Gasteiger partial charge in [0.05, 0.1) is 0 Å². The van der Waals surface area contributed by atoms with Crippen molar-refractivity contribution < 1.29 is 4.74 Å². The molecule has 48 valence electrons. The van der Waals surface area contributed by atoms with Gasteiger partial charge in [0.2, 0.25) is 0 Å².